The lowest BCUT2D eigenvalue weighted by Crippen LogP contribution is -2.37. The topological polar surface area (TPSA) is 38.5 Å². The van der Waals surface area contributed by atoms with Gasteiger partial charge >= 0.3 is 0 Å². The van der Waals surface area contributed by atoms with Crippen LogP contribution in [-0.2, 0) is 0 Å². The first-order valence-corrected chi connectivity index (χ1v) is 8.30. The van der Waals surface area contributed by atoms with Gasteiger partial charge in [0.05, 0.1) is 6.61 Å². The Balaban J connectivity index is 2.57. The van der Waals surface area contributed by atoms with Gasteiger partial charge in [0.2, 0.25) is 0 Å². The fourth-order valence-electron chi connectivity index (χ4n) is 2.46. The molecule has 1 unspecified atom stereocenters. The van der Waals surface area contributed by atoms with Gasteiger partial charge in [0.15, 0.2) is 0 Å². The SMILES string of the molecule is CCCCCN(CC(N)c1ccc(OCC)cc1)C(C)C. The summed E-state index contributed by atoms with van der Waals surface area (Å²) in [6.45, 7) is 11.5. The van der Waals surface area contributed by atoms with Crippen LogP contribution in [0.2, 0.25) is 0 Å². The van der Waals surface area contributed by atoms with Crippen LogP contribution in [0.5, 0.6) is 5.75 Å². The van der Waals surface area contributed by atoms with E-state index >= 15 is 0 Å². The highest BCUT2D eigenvalue weighted by molar-refractivity contribution is 5.29. The average molecular weight is 292 g/mol. The van der Waals surface area contributed by atoms with Crippen LogP contribution in [0.4, 0.5) is 0 Å². The van der Waals surface area contributed by atoms with Crippen molar-refractivity contribution in [1.82, 2.24) is 4.90 Å². The Kier molecular flexibility index (Phi) is 8.40. The van der Waals surface area contributed by atoms with Crippen LogP contribution in [-0.4, -0.2) is 30.6 Å². The van der Waals surface area contributed by atoms with Gasteiger partial charge in [-0.25, -0.2) is 0 Å². The van der Waals surface area contributed by atoms with Gasteiger partial charge in [0.1, 0.15) is 5.75 Å². The normalized spacial score (nSPS) is 12.9. The molecule has 0 aromatic heterocycles. The van der Waals surface area contributed by atoms with Crippen LogP contribution >= 0.6 is 0 Å². The van der Waals surface area contributed by atoms with Gasteiger partial charge in [0.25, 0.3) is 0 Å². The van der Waals surface area contributed by atoms with Crippen LogP contribution in [0, 0.1) is 0 Å². The van der Waals surface area contributed by atoms with Gasteiger partial charge in [-0.1, -0.05) is 31.9 Å². The maximum Gasteiger partial charge on any atom is 0.119 e. The predicted octanol–water partition coefficient (Wildman–Crippen LogP) is 3.99. The summed E-state index contributed by atoms with van der Waals surface area (Å²) in [5.74, 6) is 0.914. The van der Waals surface area contributed by atoms with Crippen molar-refractivity contribution in [3.8, 4) is 5.75 Å². The van der Waals surface area contributed by atoms with Crippen molar-refractivity contribution in [3.63, 3.8) is 0 Å². The van der Waals surface area contributed by atoms with E-state index in [9.17, 15) is 0 Å². The number of unbranched alkanes of at least 4 members (excludes halogenated alkanes) is 2. The predicted molar refractivity (Wildman–Crippen MR) is 90.8 cm³/mol. The molecule has 1 rings (SSSR count). The smallest absolute Gasteiger partial charge is 0.119 e. The summed E-state index contributed by atoms with van der Waals surface area (Å²) in [4.78, 5) is 2.48. The zero-order chi connectivity index (χ0) is 15.7. The molecule has 3 nitrogen and oxygen atoms in total. The third kappa shape index (κ3) is 6.49. The maximum atomic E-state index is 6.38. The quantitative estimate of drug-likeness (QED) is 0.663. The molecule has 0 aliphatic heterocycles. The molecule has 0 bridgehead atoms. The second-order valence-electron chi connectivity index (χ2n) is 5.90. The molecule has 3 heteroatoms. The van der Waals surface area contributed by atoms with Crippen molar-refractivity contribution in [2.75, 3.05) is 19.7 Å². The lowest BCUT2D eigenvalue weighted by molar-refractivity contribution is 0.204. The molecule has 0 amide bonds. The molecule has 0 saturated heterocycles. The third-order valence-corrected chi connectivity index (χ3v) is 3.83. The lowest BCUT2D eigenvalue weighted by Gasteiger charge is -2.29. The van der Waals surface area contributed by atoms with E-state index in [1.54, 1.807) is 0 Å². The van der Waals surface area contributed by atoms with Crippen molar-refractivity contribution in [1.29, 1.82) is 0 Å². The number of ether oxygens (including phenoxy) is 1. The molecule has 21 heavy (non-hydrogen) atoms. The number of rotatable bonds is 10. The Morgan fingerprint density at radius 3 is 2.29 bits per heavy atom. The van der Waals surface area contributed by atoms with Gasteiger partial charge in [-0.15, -0.1) is 0 Å². The minimum atomic E-state index is 0.0599. The molecule has 120 valence electrons. The standard InChI is InChI=1S/C18H32N2O/c1-5-7-8-13-20(15(3)4)14-18(19)16-9-11-17(12-10-16)21-6-2/h9-12,15,18H,5-8,13-14,19H2,1-4H3. The second-order valence-corrected chi connectivity index (χ2v) is 5.90. The Bertz CT molecular complexity index is 375. The monoisotopic (exact) mass is 292 g/mol. The molecule has 0 radical (unpaired) electrons. The molecule has 1 aromatic rings. The van der Waals surface area contributed by atoms with E-state index < -0.39 is 0 Å². The van der Waals surface area contributed by atoms with Gasteiger partial charge in [-0.3, -0.25) is 4.90 Å². The first-order chi connectivity index (χ1) is 10.1. The van der Waals surface area contributed by atoms with E-state index in [1.165, 1.54) is 24.8 Å². The van der Waals surface area contributed by atoms with E-state index in [2.05, 4.69) is 37.8 Å². The van der Waals surface area contributed by atoms with Crippen LogP contribution in [0.15, 0.2) is 24.3 Å². The van der Waals surface area contributed by atoms with Crippen LogP contribution < -0.4 is 10.5 Å². The third-order valence-electron chi connectivity index (χ3n) is 3.83. The molecular weight excluding hydrogens is 260 g/mol. The molecule has 1 atom stereocenters. The van der Waals surface area contributed by atoms with Crippen LogP contribution in [0.25, 0.3) is 0 Å². The minimum Gasteiger partial charge on any atom is -0.494 e. The molecule has 0 heterocycles. The van der Waals surface area contributed by atoms with E-state index in [4.69, 9.17) is 10.5 Å². The Morgan fingerprint density at radius 2 is 1.76 bits per heavy atom. The number of benzene rings is 1. The van der Waals surface area contributed by atoms with E-state index in [0.29, 0.717) is 12.6 Å². The summed E-state index contributed by atoms with van der Waals surface area (Å²) in [6.07, 6.45) is 3.81. The summed E-state index contributed by atoms with van der Waals surface area (Å²) >= 11 is 0. The van der Waals surface area contributed by atoms with Gasteiger partial charge in [-0.05, 0) is 51.4 Å². The first-order valence-electron chi connectivity index (χ1n) is 8.30. The number of hydrogen-bond donors (Lipinski definition) is 1. The molecule has 0 saturated carbocycles. The Hall–Kier alpha value is -1.06. The zero-order valence-corrected chi connectivity index (χ0v) is 14.1. The van der Waals surface area contributed by atoms with Crippen molar-refractivity contribution in [2.45, 2.75) is 59.0 Å². The lowest BCUT2D eigenvalue weighted by atomic mass is 10.1. The summed E-state index contributed by atoms with van der Waals surface area (Å²) in [7, 11) is 0. The molecule has 0 aliphatic rings. The highest BCUT2D eigenvalue weighted by Gasteiger charge is 2.14. The number of nitrogens with zero attached hydrogens (tertiary/aromatic N) is 1. The van der Waals surface area contributed by atoms with Crippen molar-refractivity contribution < 1.29 is 4.74 Å². The summed E-state index contributed by atoms with van der Waals surface area (Å²) in [6, 6.07) is 8.78. The zero-order valence-electron chi connectivity index (χ0n) is 14.1. The van der Waals surface area contributed by atoms with E-state index in [0.717, 1.165) is 18.8 Å². The van der Waals surface area contributed by atoms with Gasteiger partial charge in [-0.2, -0.15) is 0 Å². The summed E-state index contributed by atoms with van der Waals surface area (Å²) in [5, 5.41) is 0. The molecular formula is C18H32N2O. The highest BCUT2D eigenvalue weighted by Crippen LogP contribution is 2.18. The van der Waals surface area contributed by atoms with Crippen LogP contribution in [0.3, 0.4) is 0 Å². The number of hydrogen-bond acceptors (Lipinski definition) is 3. The fraction of sp³-hybridized carbons (Fsp3) is 0.667. The summed E-state index contributed by atoms with van der Waals surface area (Å²) in [5.41, 5.74) is 7.56. The Labute approximate surface area is 130 Å². The largest absolute Gasteiger partial charge is 0.494 e. The van der Waals surface area contributed by atoms with Crippen molar-refractivity contribution >= 4 is 0 Å². The van der Waals surface area contributed by atoms with E-state index in [-0.39, 0.29) is 6.04 Å². The van der Waals surface area contributed by atoms with Crippen molar-refractivity contribution in [3.05, 3.63) is 29.8 Å². The maximum absolute atomic E-state index is 6.38. The molecule has 0 aliphatic carbocycles. The number of nitrogens with two attached hydrogens (primary N) is 1. The van der Waals surface area contributed by atoms with Crippen molar-refractivity contribution in [2.24, 2.45) is 5.73 Å². The first kappa shape index (κ1) is 18.0. The molecule has 2 N–H and O–H groups in total. The fourth-order valence-corrected chi connectivity index (χ4v) is 2.46. The van der Waals surface area contributed by atoms with Gasteiger partial charge < -0.3 is 10.5 Å². The van der Waals surface area contributed by atoms with Gasteiger partial charge in [0, 0.05) is 18.6 Å². The highest BCUT2D eigenvalue weighted by atomic mass is 16.5. The van der Waals surface area contributed by atoms with E-state index in [1.807, 2.05) is 19.1 Å². The summed E-state index contributed by atoms with van der Waals surface area (Å²) < 4.78 is 5.47. The second kappa shape index (κ2) is 9.80. The molecule has 1 aromatic carbocycles. The molecule has 0 fully saturated rings. The molecule has 0 spiro atoms. The Morgan fingerprint density at radius 1 is 1.10 bits per heavy atom. The minimum absolute atomic E-state index is 0.0599. The van der Waals surface area contributed by atoms with Crippen LogP contribution in [0.1, 0.15) is 58.6 Å². The average Bonchev–Trinajstić information content (AvgIpc) is 2.47.